The van der Waals surface area contributed by atoms with Gasteiger partial charge in [0.25, 0.3) is 0 Å². The summed E-state index contributed by atoms with van der Waals surface area (Å²) in [5.74, 6) is -0.991. The molecule has 0 aliphatic heterocycles. The fourth-order valence-electron chi connectivity index (χ4n) is 5.20. The molecule has 0 saturated carbocycles. The highest BCUT2D eigenvalue weighted by Gasteiger charge is 2.18. The van der Waals surface area contributed by atoms with E-state index in [2.05, 4.69) is 6.92 Å². The fourth-order valence-corrected chi connectivity index (χ4v) is 5.20. The van der Waals surface area contributed by atoms with Crippen LogP contribution in [0.5, 0.6) is 0 Å². The number of aliphatic carboxylic acids is 1. The first-order chi connectivity index (χ1) is 18.6. The molecule has 0 bridgehead atoms. The number of ether oxygens (including phenoxy) is 1. The van der Waals surface area contributed by atoms with Crippen molar-refractivity contribution in [2.45, 2.75) is 192 Å². The minimum absolute atomic E-state index is 0.132. The van der Waals surface area contributed by atoms with E-state index in [0.29, 0.717) is 6.42 Å². The molecule has 0 radical (unpaired) electrons. The molecule has 0 saturated heterocycles. The van der Waals surface area contributed by atoms with E-state index in [9.17, 15) is 15.0 Å². The molecule has 0 amide bonds. The molecule has 0 aliphatic carbocycles. The summed E-state index contributed by atoms with van der Waals surface area (Å²) in [6, 6.07) is 0. The van der Waals surface area contributed by atoms with E-state index in [-0.39, 0.29) is 6.61 Å². The van der Waals surface area contributed by atoms with E-state index in [1.165, 1.54) is 148 Å². The maximum absolute atomic E-state index is 11.2. The topological polar surface area (TPSA) is 87.0 Å². The van der Waals surface area contributed by atoms with Gasteiger partial charge in [-0.3, -0.25) is 0 Å². The number of aliphatic hydroxyl groups excluding tert-OH is 2. The van der Waals surface area contributed by atoms with Gasteiger partial charge in [-0.05, 0) is 6.42 Å². The van der Waals surface area contributed by atoms with E-state index in [4.69, 9.17) is 9.84 Å². The van der Waals surface area contributed by atoms with Crippen molar-refractivity contribution in [3.8, 4) is 0 Å². The van der Waals surface area contributed by atoms with E-state index in [1.54, 1.807) is 0 Å². The summed E-state index contributed by atoms with van der Waals surface area (Å²) < 4.78 is 5.20. The van der Waals surface area contributed by atoms with E-state index in [0.717, 1.165) is 19.3 Å². The first-order valence-electron chi connectivity index (χ1n) is 16.7. The minimum Gasteiger partial charge on any atom is -0.479 e. The highest BCUT2D eigenvalue weighted by molar-refractivity contribution is 5.72. The summed E-state index contributed by atoms with van der Waals surface area (Å²) in [6.07, 6.45) is 33.9. The van der Waals surface area contributed by atoms with Gasteiger partial charge in [-0.1, -0.05) is 174 Å². The number of carboxylic acid groups (broad SMARTS) is 1. The van der Waals surface area contributed by atoms with Crippen LogP contribution in [-0.2, 0) is 9.53 Å². The summed E-state index contributed by atoms with van der Waals surface area (Å²) in [4.78, 5) is 11.2. The van der Waals surface area contributed by atoms with Gasteiger partial charge in [-0.15, -0.1) is 0 Å². The van der Waals surface area contributed by atoms with Crippen LogP contribution in [0.1, 0.15) is 180 Å². The number of hydrogen-bond acceptors (Lipinski definition) is 4. The van der Waals surface area contributed by atoms with Gasteiger partial charge >= 0.3 is 5.97 Å². The van der Waals surface area contributed by atoms with Gasteiger partial charge in [-0.2, -0.15) is 0 Å². The highest BCUT2D eigenvalue weighted by atomic mass is 16.5. The largest absolute Gasteiger partial charge is 0.479 e. The Balaban J connectivity index is 3.22. The van der Waals surface area contributed by atoms with Crippen LogP contribution in [0.3, 0.4) is 0 Å². The Morgan fingerprint density at radius 3 is 1.11 bits per heavy atom. The number of aliphatic hydroxyl groups is 2. The van der Waals surface area contributed by atoms with Crippen molar-refractivity contribution in [3.63, 3.8) is 0 Å². The van der Waals surface area contributed by atoms with Gasteiger partial charge in [0.1, 0.15) is 6.10 Å². The lowest BCUT2D eigenvalue weighted by molar-refractivity contribution is -0.153. The molecule has 38 heavy (non-hydrogen) atoms. The molecule has 228 valence electrons. The van der Waals surface area contributed by atoms with E-state index < -0.39 is 24.8 Å². The molecular weight excluding hydrogens is 476 g/mol. The lowest BCUT2D eigenvalue weighted by Crippen LogP contribution is -2.29. The number of rotatable bonds is 32. The van der Waals surface area contributed by atoms with Crippen LogP contribution in [-0.4, -0.2) is 46.7 Å². The maximum Gasteiger partial charge on any atom is 0.332 e. The quantitative estimate of drug-likeness (QED) is 0.0737. The molecule has 3 N–H and O–H groups in total. The van der Waals surface area contributed by atoms with E-state index in [1.807, 2.05) is 0 Å². The summed E-state index contributed by atoms with van der Waals surface area (Å²) in [7, 11) is 0. The van der Waals surface area contributed by atoms with Crippen LogP contribution in [0, 0.1) is 0 Å². The third kappa shape index (κ3) is 28.4. The first kappa shape index (κ1) is 37.4. The zero-order valence-electron chi connectivity index (χ0n) is 25.3. The maximum atomic E-state index is 11.2. The van der Waals surface area contributed by atoms with Crippen LogP contribution in [0.25, 0.3) is 0 Å². The predicted octanol–water partition coefficient (Wildman–Crippen LogP) is 9.36. The summed E-state index contributed by atoms with van der Waals surface area (Å²) >= 11 is 0. The Bertz CT molecular complexity index is 470. The number of carboxylic acids is 1. The highest BCUT2D eigenvalue weighted by Crippen LogP contribution is 2.16. The van der Waals surface area contributed by atoms with Crippen LogP contribution in [0.4, 0.5) is 0 Å². The van der Waals surface area contributed by atoms with E-state index >= 15 is 0 Å². The average molecular weight is 543 g/mol. The second kappa shape index (κ2) is 30.9. The molecule has 0 heterocycles. The summed E-state index contributed by atoms with van der Waals surface area (Å²) in [5, 5.41) is 27.3. The fraction of sp³-hybridized carbons (Fsp3) is 0.970. The Morgan fingerprint density at radius 1 is 0.553 bits per heavy atom. The molecule has 0 aromatic rings. The average Bonchev–Trinajstić information content (AvgIpc) is 2.91. The van der Waals surface area contributed by atoms with Gasteiger partial charge in [-0.25, -0.2) is 4.79 Å². The minimum atomic E-state index is -1.01. The van der Waals surface area contributed by atoms with Gasteiger partial charge < -0.3 is 20.1 Å². The molecule has 0 aromatic carbocycles. The lowest BCUT2D eigenvalue weighted by atomic mass is 10.0. The van der Waals surface area contributed by atoms with Gasteiger partial charge in [0, 0.05) is 0 Å². The molecule has 0 aliphatic rings. The van der Waals surface area contributed by atoms with Gasteiger partial charge in [0.2, 0.25) is 0 Å². The normalized spacial score (nSPS) is 13.1. The molecular formula is C33H66O5. The molecule has 5 nitrogen and oxygen atoms in total. The summed E-state index contributed by atoms with van der Waals surface area (Å²) in [6.45, 7) is 1.75. The first-order valence-corrected chi connectivity index (χ1v) is 16.7. The zero-order chi connectivity index (χ0) is 27.9. The second-order valence-electron chi connectivity index (χ2n) is 11.6. The lowest BCUT2D eigenvalue weighted by Gasteiger charge is -2.15. The van der Waals surface area contributed by atoms with Crippen molar-refractivity contribution in [2.24, 2.45) is 0 Å². The Labute approximate surface area is 236 Å². The standard InChI is InChI=1S/C33H66O5/c1-2-3-4-5-6-7-8-9-10-11-12-13-14-15-16-17-18-19-20-21-22-23-24-25-26-27-28-32(33(36)37)38-30-31(35)29-34/h31-32,34-35H,2-30H2,1H3,(H,36,37). The SMILES string of the molecule is CCCCCCCCCCCCCCCCCCCCCCCCCCCCC(OCC(O)CO)C(=O)O. The summed E-state index contributed by atoms with van der Waals surface area (Å²) in [5.41, 5.74) is 0. The monoisotopic (exact) mass is 542 g/mol. The van der Waals surface area contributed by atoms with Crippen LogP contribution < -0.4 is 0 Å². The Hall–Kier alpha value is -0.650. The Kier molecular flexibility index (Phi) is 30.4. The zero-order valence-corrected chi connectivity index (χ0v) is 25.3. The molecule has 0 fully saturated rings. The second-order valence-corrected chi connectivity index (χ2v) is 11.6. The van der Waals surface area contributed by atoms with Crippen molar-refractivity contribution >= 4 is 5.97 Å². The van der Waals surface area contributed by atoms with Crippen molar-refractivity contribution in [1.82, 2.24) is 0 Å². The number of unbranched alkanes of at least 4 members (excludes halogenated alkanes) is 25. The van der Waals surface area contributed by atoms with Gasteiger partial charge in [0.15, 0.2) is 6.10 Å². The van der Waals surface area contributed by atoms with Crippen molar-refractivity contribution in [2.75, 3.05) is 13.2 Å². The molecule has 2 unspecified atom stereocenters. The van der Waals surface area contributed by atoms with Crippen molar-refractivity contribution in [1.29, 1.82) is 0 Å². The molecule has 5 heteroatoms. The van der Waals surface area contributed by atoms with Crippen LogP contribution in [0.15, 0.2) is 0 Å². The third-order valence-corrected chi connectivity index (χ3v) is 7.80. The smallest absolute Gasteiger partial charge is 0.332 e. The molecule has 0 spiro atoms. The Morgan fingerprint density at radius 2 is 0.842 bits per heavy atom. The molecule has 0 aromatic heterocycles. The van der Waals surface area contributed by atoms with Crippen LogP contribution in [0.2, 0.25) is 0 Å². The number of carbonyl (C=O) groups is 1. The van der Waals surface area contributed by atoms with Gasteiger partial charge in [0.05, 0.1) is 13.2 Å². The van der Waals surface area contributed by atoms with Crippen LogP contribution >= 0.6 is 0 Å². The molecule has 0 rings (SSSR count). The number of hydrogen-bond donors (Lipinski definition) is 3. The predicted molar refractivity (Wildman–Crippen MR) is 161 cm³/mol. The molecule has 2 atom stereocenters. The third-order valence-electron chi connectivity index (χ3n) is 7.80. The van der Waals surface area contributed by atoms with Crippen molar-refractivity contribution in [3.05, 3.63) is 0 Å². The van der Waals surface area contributed by atoms with Crippen molar-refractivity contribution < 1.29 is 24.9 Å².